The summed E-state index contributed by atoms with van der Waals surface area (Å²) in [4.78, 5) is 17.9. The molecule has 0 saturated carbocycles. The Balaban J connectivity index is 1.35. The lowest BCUT2D eigenvalue weighted by molar-refractivity contribution is -0.183. The number of amides is 1. The Kier molecular flexibility index (Phi) is 6.48. The van der Waals surface area contributed by atoms with Gasteiger partial charge in [-0.15, -0.1) is 0 Å². The minimum absolute atomic E-state index is 0.0790. The Morgan fingerprint density at radius 3 is 2.46 bits per heavy atom. The fourth-order valence-corrected chi connectivity index (χ4v) is 5.34. The van der Waals surface area contributed by atoms with Gasteiger partial charge in [-0.3, -0.25) is 9.88 Å². The molecule has 8 heteroatoms. The van der Waals surface area contributed by atoms with Crippen LogP contribution in [0.25, 0.3) is 22.4 Å². The number of likely N-dealkylation sites (tertiary alicyclic amines) is 1. The molecular weight excluding hydrogens is 479 g/mol. The normalized spacial score (nSPS) is 18.3. The third-order valence-electron chi connectivity index (χ3n) is 6.84. The minimum Gasteiger partial charge on any atom is -0.444 e. The molecule has 1 N–H and O–H groups in total. The number of aromatic nitrogens is 1. The molecule has 2 atom stereocenters. The zero-order chi connectivity index (χ0) is 26.4. The summed E-state index contributed by atoms with van der Waals surface area (Å²) in [6.07, 6.45) is -2.58. The lowest BCUT2D eigenvalue weighted by atomic mass is 9.98. The van der Waals surface area contributed by atoms with Crippen LogP contribution < -0.4 is 5.32 Å². The van der Waals surface area contributed by atoms with Crippen LogP contribution in [-0.2, 0) is 11.2 Å². The van der Waals surface area contributed by atoms with Crippen molar-refractivity contribution in [3.05, 3.63) is 77.5 Å². The molecule has 0 spiro atoms. The molecule has 5 rings (SSSR count). The van der Waals surface area contributed by atoms with E-state index in [1.54, 1.807) is 26.8 Å². The second kappa shape index (κ2) is 9.49. The maximum Gasteiger partial charge on any atom is 0.408 e. The largest absolute Gasteiger partial charge is 0.444 e. The highest BCUT2D eigenvalue weighted by Gasteiger charge is 2.47. The molecule has 2 unspecified atom stereocenters. The fraction of sp³-hybridized carbons (Fsp3) is 0.379. The Hall–Kier alpha value is -3.39. The first-order valence-electron chi connectivity index (χ1n) is 12.5. The van der Waals surface area contributed by atoms with E-state index in [0.29, 0.717) is 12.1 Å². The Labute approximate surface area is 214 Å². The SMILES string of the molecule is CC(C)(C)OC(=O)NC1CCN(C(c2ccc(-c3cccc4c3Cc3ccccc3-4)nc2)C(F)(F)F)C1. The Morgan fingerprint density at radius 2 is 1.76 bits per heavy atom. The van der Waals surface area contributed by atoms with Crippen LogP contribution in [0.15, 0.2) is 60.8 Å². The molecule has 1 aliphatic carbocycles. The van der Waals surface area contributed by atoms with Gasteiger partial charge < -0.3 is 10.1 Å². The van der Waals surface area contributed by atoms with Crippen molar-refractivity contribution in [2.24, 2.45) is 0 Å². The fourth-order valence-electron chi connectivity index (χ4n) is 5.34. The minimum atomic E-state index is -4.49. The van der Waals surface area contributed by atoms with Gasteiger partial charge in [0.15, 0.2) is 0 Å². The highest BCUT2D eigenvalue weighted by atomic mass is 19.4. The Bertz CT molecular complexity index is 1300. The number of carbonyl (C=O) groups is 1. The number of ether oxygens (including phenoxy) is 1. The summed E-state index contributed by atoms with van der Waals surface area (Å²) in [5, 5.41) is 2.70. The van der Waals surface area contributed by atoms with E-state index in [1.165, 1.54) is 28.3 Å². The summed E-state index contributed by atoms with van der Waals surface area (Å²) in [6.45, 7) is 5.51. The molecule has 3 aromatic rings. The number of hydrogen-bond acceptors (Lipinski definition) is 4. The number of fused-ring (bicyclic) bond motifs is 3. The predicted molar refractivity (Wildman–Crippen MR) is 136 cm³/mol. The van der Waals surface area contributed by atoms with Gasteiger partial charge in [0.25, 0.3) is 0 Å². The van der Waals surface area contributed by atoms with E-state index < -0.39 is 30.0 Å². The van der Waals surface area contributed by atoms with Crippen LogP contribution >= 0.6 is 0 Å². The zero-order valence-electron chi connectivity index (χ0n) is 21.1. The maximum atomic E-state index is 14.2. The average Bonchev–Trinajstić information content (AvgIpc) is 3.41. The van der Waals surface area contributed by atoms with Gasteiger partial charge in [-0.2, -0.15) is 13.2 Å². The molecule has 1 amide bonds. The number of carbonyl (C=O) groups excluding carboxylic acids is 1. The zero-order valence-corrected chi connectivity index (χ0v) is 21.1. The lowest BCUT2D eigenvalue weighted by Crippen LogP contribution is -2.42. The van der Waals surface area contributed by atoms with Crippen molar-refractivity contribution < 1.29 is 22.7 Å². The molecule has 2 aromatic carbocycles. The van der Waals surface area contributed by atoms with Crippen molar-refractivity contribution >= 4 is 6.09 Å². The topological polar surface area (TPSA) is 54.5 Å². The number of benzene rings is 2. The molecule has 37 heavy (non-hydrogen) atoms. The van der Waals surface area contributed by atoms with E-state index >= 15 is 0 Å². The van der Waals surface area contributed by atoms with Gasteiger partial charge in [-0.25, -0.2) is 4.79 Å². The highest BCUT2D eigenvalue weighted by molar-refractivity contribution is 5.83. The standard InChI is InChI=1S/C29H30F3N3O2/c1-28(2,3)37-27(36)34-20-13-14-35(17-20)26(29(30,31)32)19-11-12-25(33-16-19)23-10-6-9-22-21-8-5-4-7-18(21)15-24(22)23/h4-12,16,20,26H,13-15,17H2,1-3H3,(H,34,36). The van der Waals surface area contributed by atoms with Crippen LogP contribution in [-0.4, -0.2) is 46.9 Å². The molecule has 5 nitrogen and oxygen atoms in total. The highest BCUT2D eigenvalue weighted by Crippen LogP contribution is 2.42. The van der Waals surface area contributed by atoms with Crippen molar-refractivity contribution in [1.29, 1.82) is 0 Å². The molecule has 194 valence electrons. The van der Waals surface area contributed by atoms with Gasteiger partial charge in [0.05, 0.1) is 5.69 Å². The number of nitrogens with one attached hydrogen (secondary N) is 1. The van der Waals surface area contributed by atoms with Crippen LogP contribution in [0.3, 0.4) is 0 Å². The van der Waals surface area contributed by atoms with Gasteiger partial charge >= 0.3 is 12.3 Å². The van der Waals surface area contributed by atoms with Crippen LogP contribution in [0.1, 0.15) is 49.9 Å². The summed E-state index contributed by atoms with van der Waals surface area (Å²) in [5.41, 5.74) is 5.72. The van der Waals surface area contributed by atoms with Gasteiger partial charge in [0.1, 0.15) is 11.6 Å². The first-order chi connectivity index (χ1) is 17.5. The first-order valence-corrected chi connectivity index (χ1v) is 12.5. The van der Waals surface area contributed by atoms with Crippen LogP contribution in [0.4, 0.5) is 18.0 Å². The summed E-state index contributed by atoms with van der Waals surface area (Å²) in [6, 6.07) is 15.2. The van der Waals surface area contributed by atoms with E-state index in [1.807, 2.05) is 24.3 Å². The summed E-state index contributed by atoms with van der Waals surface area (Å²) < 4.78 is 48.0. The molecule has 2 heterocycles. The third kappa shape index (κ3) is 5.34. The van der Waals surface area contributed by atoms with Crippen molar-refractivity contribution in [2.75, 3.05) is 13.1 Å². The van der Waals surface area contributed by atoms with E-state index in [9.17, 15) is 18.0 Å². The average molecular weight is 510 g/mol. The lowest BCUT2D eigenvalue weighted by Gasteiger charge is -2.30. The molecule has 0 bridgehead atoms. The van der Waals surface area contributed by atoms with Crippen LogP contribution in [0, 0.1) is 0 Å². The molecule has 2 aliphatic rings. The van der Waals surface area contributed by atoms with E-state index in [4.69, 9.17) is 4.74 Å². The van der Waals surface area contributed by atoms with Crippen LogP contribution in [0.2, 0.25) is 0 Å². The van der Waals surface area contributed by atoms with Crippen molar-refractivity contribution in [3.8, 4) is 22.4 Å². The van der Waals surface area contributed by atoms with E-state index in [-0.39, 0.29) is 18.7 Å². The van der Waals surface area contributed by atoms with Gasteiger partial charge in [0, 0.05) is 30.9 Å². The Morgan fingerprint density at radius 1 is 1.03 bits per heavy atom. The number of hydrogen-bond donors (Lipinski definition) is 1. The molecular formula is C29H30F3N3O2. The number of halogens is 3. The first kappa shape index (κ1) is 25.3. The predicted octanol–water partition coefficient (Wildman–Crippen LogP) is 6.52. The molecule has 1 saturated heterocycles. The second-order valence-electron chi connectivity index (χ2n) is 10.7. The number of alkyl carbamates (subject to hydrolysis) is 1. The third-order valence-corrected chi connectivity index (χ3v) is 6.84. The number of pyridine rings is 1. The van der Waals surface area contributed by atoms with Crippen molar-refractivity contribution in [1.82, 2.24) is 15.2 Å². The number of alkyl halides is 3. The van der Waals surface area contributed by atoms with Gasteiger partial charge in [-0.1, -0.05) is 48.5 Å². The molecule has 0 radical (unpaired) electrons. The smallest absolute Gasteiger partial charge is 0.408 e. The second-order valence-corrected chi connectivity index (χ2v) is 10.7. The van der Waals surface area contributed by atoms with Crippen LogP contribution in [0.5, 0.6) is 0 Å². The van der Waals surface area contributed by atoms with Gasteiger partial charge in [0.2, 0.25) is 0 Å². The van der Waals surface area contributed by atoms with Crippen molar-refractivity contribution in [2.45, 2.75) is 57.5 Å². The summed E-state index contributed by atoms with van der Waals surface area (Å²) >= 11 is 0. The molecule has 1 aromatic heterocycles. The van der Waals surface area contributed by atoms with E-state index in [0.717, 1.165) is 23.1 Å². The summed E-state index contributed by atoms with van der Waals surface area (Å²) in [5.74, 6) is 0. The summed E-state index contributed by atoms with van der Waals surface area (Å²) in [7, 11) is 0. The quantitative estimate of drug-likeness (QED) is 0.340. The number of rotatable bonds is 4. The monoisotopic (exact) mass is 509 g/mol. The van der Waals surface area contributed by atoms with Crippen molar-refractivity contribution in [3.63, 3.8) is 0 Å². The number of nitrogens with zero attached hydrogens (tertiary/aromatic N) is 2. The van der Waals surface area contributed by atoms with Gasteiger partial charge in [-0.05, 0) is 67.5 Å². The molecule has 1 aliphatic heterocycles. The molecule has 1 fully saturated rings. The van der Waals surface area contributed by atoms with E-state index in [2.05, 4.69) is 28.5 Å². The maximum absolute atomic E-state index is 14.2.